The fourth-order valence-electron chi connectivity index (χ4n) is 6.11. The van der Waals surface area contributed by atoms with Crippen LogP contribution >= 0.6 is 0 Å². The minimum atomic E-state index is -0.588. The molecule has 2 atom stereocenters. The first-order chi connectivity index (χ1) is 21.9. The Labute approximate surface area is 264 Å². The molecule has 0 radical (unpaired) electrons. The Balaban J connectivity index is 1.36. The number of aromatic nitrogens is 1. The number of rotatable bonds is 10. The monoisotopic (exact) mass is 598 g/mol. The third-order valence-electron chi connectivity index (χ3n) is 8.42. The minimum absolute atomic E-state index is 0.0127. The van der Waals surface area contributed by atoms with E-state index < -0.39 is 11.7 Å². The Hall–Kier alpha value is -5.01. The summed E-state index contributed by atoms with van der Waals surface area (Å²) >= 11 is 0. The molecule has 1 aromatic heterocycles. The van der Waals surface area contributed by atoms with Gasteiger partial charge in [-0.15, -0.1) is 0 Å². The van der Waals surface area contributed by atoms with Gasteiger partial charge in [0.1, 0.15) is 18.3 Å². The van der Waals surface area contributed by atoms with Gasteiger partial charge < -0.3 is 15.0 Å². The summed E-state index contributed by atoms with van der Waals surface area (Å²) in [5, 5.41) is 7.44. The van der Waals surface area contributed by atoms with Crippen LogP contribution in [0.15, 0.2) is 115 Å². The molecule has 45 heavy (non-hydrogen) atoms. The van der Waals surface area contributed by atoms with Crippen LogP contribution in [0.25, 0.3) is 22.2 Å². The molecular weight excluding hydrogens is 560 g/mol. The molecule has 0 bridgehead atoms. The van der Waals surface area contributed by atoms with Crippen LogP contribution < -0.4 is 15.4 Å². The van der Waals surface area contributed by atoms with Crippen LogP contribution in [0.2, 0.25) is 0 Å². The van der Waals surface area contributed by atoms with Crippen molar-refractivity contribution < 1.29 is 14.3 Å². The Morgan fingerprint density at radius 1 is 0.911 bits per heavy atom. The van der Waals surface area contributed by atoms with Crippen molar-refractivity contribution >= 4 is 22.7 Å². The summed E-state index contributed by atoms with van der Waals surface area (Å²) in [5.41, 5.74) is 3.92. The van der Waals surface area contributed by atoms with E-state index in [0.29, 0.717) is 34.5 Å². The molecule has 0 spiro atoms. The van der Waals surface area contributed by atoms with E-state index in [4.69, 9.17) is 9.72 Å². The molecule has 0 aliphatic carbocycles. The summed E-state index contributed by atoms with van der Waals surface area (Å²) in [5.74, 6) is 0.151. The van der Waals surface area contributed by atoms with Crippen molar-refractivity contribution in [3.05, 3.63) is 132 Å². The molecule has 2 N–H and O–H groups in total. The molecule has 1 aliphatic heterocycles. The molecule has 1 fully saturated rings. The molecule has 6 rings (SSSR count). The molecule has 0 unspecified atom stereocenters. The predicted octanol–water partition coefficient (Wildman–Crippen LogP) is 7.07. The number of nitrogens with zero attached hydrogens (tertiary/aromatic N) is 2. The Morgan fingerprint density at radius 3 is 2.22 bits per heavy atom. The molecule has 4 aromatic carbocycles. The van der Waals surface area contributed by atoms with Crippen LogP contribution in [0, 0.1) is 0 Å². The predicted molar refractivity (Wildman–Crippen MR) is 178 cm³/mol. The second-order valence-corrected chi connectivity index (χ2v) is 11.8. The average molecular weight is 599 g/mol. The van der Waals surface area contributed by atoms with Gasteiger partial charge in [-0.2, -0.15) is 0 Å². The van der Waals surface area contributed by atoms with Crippen LogP contribution in [0.5, 0.6) is 5.75 Å². The maximum absolute atomic E-state index is 14.3. The van der Waals surface area contributed by atoms with E-state index in [1.54, 1.807) is 0 Å². The fourth-order valence-corrected chi connectivity index (χ4v) is 6.11. The fraction of sp³-hybridized carbons (Fsp3) is 0.237. The smallest absolute Gasteiger partial charge is 0.256 e. The van der Waals surface area contributed by atoms with Gasteiger partial charge in [-0.3, -0.25) is 14.9 Å². The van der Waals surface area contributed by atoms with Gasteiger partial charge in [-0.25, -0.2) is 4.98 Å². The molecule has 228 valence electrons. The number of benzene rings is 4. The standard InChI is InChI=1S/C38H38N4O3/c1-4-30(26-16-8-5-9-17-26)40-36(43)32-29-22-14-15-23-31(29)39-33(27-18-10-6-11-19-27)35(32)45-25-24-42-37(44)34(41-38(42,2)3)28-20-12-7-13-21-28/h5-23,30,34,41H,4,24-25H2,1-3H3,(H,40,43)/t30-,34-/m0/s1. The Morgan fingerprint density at radius 2 is 1.53 bits per heavy atom. The highest BCUT2D eigenvalue weighted by molar-refractivity contribution is 6.10. The normalized spacial score (nSPS) is 16.5. The summed E-state index contributed by atoms with van der Waals surface area (Å²) < 4.78 is 6.57. The number of carbonyl (C=O) groups excluding carboxylic acids is 2. The van der Waals surface area contributed by atoms with Crippen molar-refractivity contribution in [2.24, 2.45) is 0 Å². The highest BCUT2D eigenvalue weighted by atomic mass is 16.5. The summed E-state index contributed by atoms with van der Waals surface area (Å²) in [6.07, 6.45) is 0.724. The maximum Gasteiger partial charge on any atom is 0.256 e. The van der Waals surface area contributed by atoms with Gasteiger partial charge in [-0.1, -0.05) is 116 Å². The lowest BCUT2D eigenvalue weighted by Gasteiger charge is -2.31. The highest BCUT2D eigenvalue weighted by Gasteiger charge is 2.44. The Bertz CT molecular complexity index is 1790. The van der Waals surface area contributed by atoms with Gasteiger partial charge in [0.2, 0.25) is 5.91 Å². The second kappa shape index (κ2) is 12.9. The zero-order valence-corrected chi connectivity index (χ0v) is 25.9. The summed E-state index contributed by atoms with van der Waals surface area (Å²) in [7, 11) is 0. The van der Waals surface area contributed by atoms with E-state index >= 15 is 0 Å². The average Bonchev–Trinajstić information content (AvgIpc) is 3.31. The number of fused-ring (bicyclic) bond motifs is 1. The molecule has 5 aromatic rings. The molecule has 0 saturated carbocycles. The van der Waals surface area contributed by atoms with Crippen molar-refractivity contribution in [1.82, 2.24) is 20.5 Å². The first-order valence-electron chi connectivity index (χ1n) is 15.5. The maximum atomic E-state index is 14.3. The van der Waals surface area contributed by atoms with Gasteiger partial charge in [-0.05, 0) is 37.5 Å². The van der Waals surface area contributed by atoms with Gasteiger partial charge in [0, 0.05) is 10.9 Å². The van der Waals surface area contributed by atoms with E-state index in [1.165, 1.54) is 0 Å². The number of carbonyl (C=O) groups is 2. The number of amides is 2. The van der Waals surface area contributed by atoms with Crippen molar-refractivity contribution in [2.75, 3.05) is 13.2 Å². The molecule has 1 saturated heterocycles. The SMILES string of the molecule is CC[C@H](NC(=O)c1c(OCCN2C(=O)[C@H](c3ccccc3)NC2(C)C)c(-c2ccccc2)nc2ccccc12)c1ccccc1. The van der Waals surface area contributed by atoms with Crippen molar-refractivity contribution in [3.63, 3.8) is 0 Å². The zero-order valence-electron chi connectivity index (χ0n) is 25.9. The third kappa shape index (κ3) is 6.17. The topological polar surface area (TPSA) is 83.6 Å². The first kappa shape index (κ1) is 30.0. The summed E-state index contributed by atoms with van der Waals surface area (Å²) in [6, 6.07) is 36.5. The molecule has 2 amide bonds. The number of hydrogen-bond acceptors (Lipinski definition) is 5. The van der Waals surface area contributed by atoms with Gasteiger partial charge in [0.25, 0.3) is 5.91 Å². The Kier molecular flexibility index (Phi) is 8.62. The number of para-hydroxylation sites is 1. The minimum Gasteiger partial charge on any atom is -0.489 e. The third-order valence-corrected chi connectivity index (χ3v) is 8.42. The molecule has 7 nitrogen and oxygen atoms in total. The largest absolute Gasteiger partial charge is 0.489 e. The molecular formula is C38H38N4O3. The van der Waals surface area contributed by atoms with Crippen LogP contribution in [0.4, 0.5) is 0 Å². The lowest BCUT2D eigenvalue weighted by molar-refractivity contribution is -0.132. The lowest BCUT2D eigenvalue weighted by Crippen LogP contribution is -2.48. The van der Waals surface area contributed by atoms with E-state index in [9.17, 15) is 9.59 Å². The van der Waals surface area contributed by atoms with E-state index in [-0.39, 0.29) is 24.5 Å². The van der Waals surface area contributed by atoms with E-state index in [0.717, 1.165) is 23.1 Å². The summed E-state index contributed by atoms with van der Waals surface area (Å²) in [6.45, 7) is 6.55. The van der Waals surface area contributed by atoms with Crippen LogP contribution in [0.3, 0.4) is 0 Å². The van der Waals surface area contributed by atoms with Crippen molar-refractivity contribution in [2.45, 2.75) is 44.9 Å². The molecule has 2 heterocycles. The van der Waals surface area contributed by atoms with Gasteiger partial charge >= 0.3 is 0 Å². The van der Waals surface area contributed by atoms with Gasteiger partial charge in [0.15, 0.2) is 5.75 Å². The van der Waals surface area contributed by atoms with E-state index in [2.05, 4.69) is 17.6 Å². The van der Waals surface area contributed by atoms with Gasteiger partial charge in [0.05, 0.1) is 29.3 Å². The van der Waals surface area contributed by atoms with E-state index in [1.807, 2.05) is 134 Å². The second-order valence-electron chi connectivity index (χ2n) is 11.8. The van der Waals surface area contributed by atoms with Crippen molar-refractivity contribution in [1.29, 1.82) is 0 Å². The zero-order chi connectivity index (χ0) is 31.4. The van der Waals surface area contributed by atoms with Crippen LogP contribution in [0.1, 0.15) is 60.8 Å². The summed E-state index contributed by atoms with van der Waals surface area (Å²) in [4.78, 5) is 34.7. The quantitative estimate of drug-likeness (QED) is 0.180. The van der Waals surface area contributed by atoms with Crippen molar-refractivity contribution in [3.8, 4) is 17.0 Å². The highest BCUT2D eigenvalue weighted by Crippen LogP contribution is 2.37. The number of ether oxygens (including phenoxy) is 1. The van der Waals surface area contributed by atoms with Crippen LogP contribution in [-0.2, 0) is 4.79 Å². The first-order valence-corrected chi connectivity index (χ1v) is 15.5. The number of hydrogen-bond donors (Lipinski definition) is 2. The number of nitrogens with one attached hydrogen (secondary N) is 2. The number of pyridine rings is 1. The lowest BCUT2D eigenvalue weighted by atomic mass is 10.00. The molecule has 7 heteroatoms. The van der Waals surface area contributed by atoms with Crippen LogP contribution in [-0.4, -0.2) is 40.5 Å². The molecule has 1 aliphatic rings.